The highest BCUT2D eigenvalue weighted by Gasteiger charge is 2.31. The Bertz CT molecular complexity index is 808. The van der Waals surface area contributed by atoms with Gasteiger partial charge < -0.3 is 23.8 Å². The van der Waals surface area contributed by atoms with Crippen LogP contribution in [-0.2, 0) is 28.6 Å². The van der Waals surface area contributed by atoms with Crippen LogP contribution in [0.3, 0.4) is 0 Å². The smallest absolute Gasteiger partial charge is 0.362 e. The molecule has 0 saturated heterocycles. The highest BCUT2D eigenvalue weighted by Crippen LogP contribution is 2.14. The van der Waals surface area contributed by atoms with E-state index in [1.165, 1.54) is 103 Å². The Kier molecular flexibility index (Phi) is 31.0. The number of hydrogen-bond acceptors (Lipinski definition) is 6. The fraction of sp³-hybridized carbons (Fsp3) is 0.875. The van der Waals surface area contributed by atoms with Gasteiger partial charge in [0.25, 0.3) is 0 Å². The standard InChI is InChI=1S/C40H75NO7/c1-6-8-10-12-14-16-17-18-19-20-21-23-24-26-28-30-38(42)47-35-36(34-46-33-32-37(40(44)45)41(3,4)5)48-39(43)31-29-27-25-22-15-13-11-9-7-2/h16-17,36-37H,6-15,18-35H2,1-5H3/p+1/b17-16+. The number of quaternary nitrogens is 1. The van der Waals surface area contributed by atoms with Crippen molar-refractivity contribution in [3.63, 3.8) is 0 Å². The molecule has 0 aromatic carbocycles. The van der Waals surface area contributed by atoms with Crippen molar-refractivity contribution < 1.29 is 38.2 Å². The number of likely N-dealkylation sites (N-methyl/N-ethyl adjacent to an activating group) is 1. The molecule has 0 radical (unpaired) electrons. The summed E-state index contributed by atoms with van der Waals surface area (Å²) in [6.45, 7) is 4.70. The first-order valence-corrected chi connectivity index (χ1v) is 19.7. The Hall–Kier alpha value is -1.93. The Morgan fingerprint density at radius 1 is 0.604 bits per heavy atom. The van der Waals surface area contributed by atoms with Gasteiger partial charge in [-0.1, -0.05) is 129 Å². The zero-order chi connectivity index (χ0) is 35.7. The number of nitrogens with zero attached hydrogens (tertiary/aromatic N) is 1. The quantitative estimate of drug-likeness (QED) is 0.0307. The summed E-state index contributed by atoms with van der Waals surface area (Å²) in [7, 11) is 5.52. The predicted molar refractivity (Wildman–Crippen MR) is 197 cm³/mol. The molecule has 0 rings (SSSR count). The topological polar surface area (TPSA) is 99.1 Å². The number of allylic oxidation sites excluding steroid dienone is 2. The number of aliphatic carboxylic acids is 1. The van der Waals surface area contributed by atoms with Gasteiger partial charge in [0.15, 0.2) is 12.1 Å². The lowest BCUT2D eigenvalue weighted by atomic mass is 10.1. The van der Waals surface area contributed by atoms with E-state index in [1.807, 2.05) is 21.1 Å². The molecule has 0 fully saturated rings. The molecule has 2 unspecified atom stereocenters. The lowest BCUT2D eigenvalue weighted by Gasteiger charge is -2.31. The average Bonchev–Trinajstić information content (AvgIpc) is 3.03. The highest BCUT2D eigenvalue weighted by molar-refractivity contribution is 5.72. The number of esters is 2. The van der Waals surface area contributed by atoms with Gasteiger partial charge in [0.2, 0.25) is 0 Å². The van der Waals surface area contributed by atoms with Gasteiger partial charge in [0.05, 0.1) is 34.4 Å². The van der Waals surface area contributed by atoms with Crippen molar-refractivity contribution in [3.8, 4) is 0 Å². The Balaban J connectivity index is 4.35. The van der Waals surface area contributed by atoms with E-state index < -0.39 is 18.1 Å². The monoisotopic (exact) mass is 683 g/mol. The maximum Gasteiger partial charge on any atom is 0.362 e. The normalized spacial score (nSPS) is 13.1. The van der Waals surface area contributed by atoms with Crippen LogP contribution in [0.2, 0.25) is 0 Å². The molecular weight excluding hydrogens is 606 g/mol. The van der Waals surface area contributed by atoms with E-state index in [0.29, 0.717) is 19.3 Å². The van der Waals surface area contributed by atoms with Gasteiger partial charge in [-0.2, -0.15) is 0 Å². The van der Waals surface area contributed by atoms with Crippen LogP contribution in [0.1, 0.15) is 174 Å². The highest BCUT2D eigenvalue weighted by atomic mass is 16.6. The second-order valence-electron chi connectivity index (χ2n) is 14.5. The molecule has 0 aliphatic rings. The van der Waals surface area contributed by atoms with E-state index in [1.54, 1.807) is 0 Å². The maximum atomic E-state index is 12.6. The number of carboxylic acids is 1. The molecule has 2 atom stereocenters. The van der Waals surface area contributed by atoms with Crippen molar-refractivity contribution in [3.05, 3.63) is 12.2 Å². The maximum absolute atomic E-state index is 12.6. The Morgan fingerprint density at radius 2 is 1.04 bits per heavy atom. The van der Waals surface area contributed by atoms with Crippen molar-refractivity contribution in [1.82, 2.24) is 0 Å². The fourth-order valence-electron chi connectivity index (χ4n) is 5.79. The number of hydrogen-bond donors (Lipinski definition) is 1. The molecule has 0 spiro atoms. The van der Waals surface area contributed by atoms with Crippen LogP contribution in [0.4, 0.5) is 0 Å². The minimum atomic E-state index is -0.875. The van der Waals surface area contributed by atoms with Crippen molar-refractivity contribution in [2.75, 3.05) is 41.0 Å². The molecule has 1 N–H and O–H groups in total. The van der Waals surface area contributed by atoms with Crippen molar-refractivity contribution >= 4 is 17.9 Å². The third kappa shape index (κ3) is 30.2. The van der Waals surface area contributed by atoms with E-state index in [2.05, 4.69) is 26.0 Å². The largest absolute Gasteiger partial charge is 0.477 e. The number of unbranched alkanes of at least 4 members (excludes halogenated alkanes) is 19. The van der Waals surface area contributed by atoms with Crippen LogP contribution in [0.25, 0.3) is 0 Å². The van der Waals surface area contributed by atoms with Crippen molar-refractivity contribution in [2.45, 2.75) is 187 Å². The Morgan fingerprint density at radius 3 is 1.52 bits per heavy atom. The lowest BCUT2D eigenvalue weighted by Crippen LogP contribution is -2.50. The van der Waals surface area contributed by atoms with E-state index >= 15 is 0 Å². The summed E-state index contributed by atoms with van der Waals surface area (Å²) in [5.41, 5.74) is 0. The third-order valence-corrected chi connectivity index (χ3v) is 8.91. The molecule has 8 nitrogen and oxygen atoms in total. The van der Waals surface area contributed by atoms with Crippen LogP contribution in [0.15, 0.2) is 12.2 Å². The molecule has 0 aromatic heterocycles. The van der Waals surface area contributed by atoms with Crippen LogP contribution >= 0.6 is 0 Å². The second kappa shape index (κ2) is 32.3. The van der Waals surface area contributed by atoms with Crippen molar-refractivity contribution in [1.29, 1.82) is 0 Å². The summed E-state index contributed by atoms with van der Waals surface area (Å²) in [4.78, 5) is 36.7. The van der Waals surface area contributed by atoms with Crippen LogP contribution in [0.5, 0.6) is 0 Å². The molecule has 282 valence electrons. The Labute approximate surface area is 295 Å². The first-order chi connectivity index (χ1) is 23.1. The minimum Gasteiger partial charge on any atom is -0.477 e. The molecular formula is C40H76NO7+. The summed E-state index contributed by atoms with van der Waals surface area (Å²) < 4.78 is 17.2. The molecule has 0 saturated carbocycles. The van der Waals surface area contributed by atoms with Gasteiger partial charge >= 0.3 is 17.9 Å². The van der Waals surface area contributed by atoms with E-state index in [9.17, 15) is 19.5 Å². The summed E-state index contributed by atoms with van der Waals surface area (Å²) in [6.07, 6.45) is 31.1. The van der Waals surface area contributed by atoms with Gasteiger partial charge in [0, 0.05) is 19.3 Å². The van der Waals surface area contributed by atoms with Crippen LogP contribution < -0.4 is 0 Å². The van der Waals surface area contributed by atoms with E-state index in [4.69, 9.17) is 14.2 Å². The van der Waals surface area contributed by atoms with E-state index in [0.717, 1.165) is 38.5 Å². The summed E-state index contributed by atoms with van der Waals surface area (Å²) in [5.74, 6) is -1.47. The van der Waals surface area contributed by atoms with Crippen LogP contribution in [0, 0.1) is 0 Å². The molecule has 48 heavy (non-hydrogen) atoms. The number of carbonyl (C=O) groups is 3. The van der Waals surface area contributed by atoms with E-state index in [-0.39, 0.29) is 36.2 Å². The lowest BCUT2D eigenvalue weighted by molar-refractivity contribution is -0.887. The zero-order valence-electron chi connectivity index (χ0n) is 32.0. The van der Waals surface area contributed by atoms with Gasteiger partial charge in [-0.25, -0.2) is 4.79 Å². The number of carbonyl (C=O) groups excluding carboxylic acids is 2. The number of ether oxygens (including phenoxy) is 3. The van der Waals surface area contributed by atoms with Gasteiger partial charge in [0.1, 0.15) is 6.61 Å². The minimum absolute atomic E-state index is 0.0484. The molecule has 0 heterocycles. The van der Waals surface area contributed by atoms with Gasteiger partial charge in [-0.15, -0.1) is 0 Å². The fourth-order valence-corrected chi connectivity index (χ4v) is 5.79. The summed E-state index contributed by atoms with van der Waals surface area (Å²) in [6, 6.07) is -0.609. The number of rotatable bonds is 35. The van der Waals surface area contributed by atoms with Gasteiger partial charge in [-0.3, -0.25) is 9.59 Å². The first kappa shape index (κ1) is 46.1. The first-order valence-electron chi connectivity index (χ1n) is 19.7. The molecule has 0 aromatic rings. The van der Waals surface area contributed by atoms with Crippen molar-refractivity contribution in [2.24, 2.45) is 0 Å². The molecule has 0 amide bonds. The summed E-state index contributed by atoms with van der Waals surface area (Å²) in [5, 5.41) is 9.57. The predicted octanol–water partition coefficient (Wildman–Crippen LogP) is 9.97. The zero-order valence-corrected chi connectivity index (χ0v) is 32.0. The van der Waals surface area contributed by atoms with Crippen LogP contribution in [-0.4, -0.2) is 80.6 Å². The molecule has 0 bridgehead atoms. The number of carboxylic acid groups (broad SMARTS) is 1. The van der Waals surface area contributed by atoms with Gasteiger partial charge in [-0.05, 0) is 38.5 Å². The molecule has 8 heteroatoms. The molecule has 0 aliphatic carbocycles. The SMILES string of the molecule is CCCCCC/C=C/CCCCCCCCCC(=O)OCC(COCCC(C(=O)O)[N+](C)(C)C)OC(=O)CCCCCCCCCCC. The third-order valence-electron chi connectivity index (χ3n) is 8.91. The second-order valence-corrected chi connectivity index (χ2v) is 14.5. The average molecular weight is 683 g/mol. The molecule has 0 aliphatic heterocycles. The summed E-state index contributed by atoms with van der Waals surface area (Å²) >= 11 is 0.